The molecule has 0 aliphatic carbocycles. The lowest BCUT2D eigenvalue weighted by molar-refractivity contribution is -0.153. The van der Waals surface area contributed by atoms with Gasteiger partial charge in [-0.25, -0.2) is 8.42 Å². The fourth-order valence-corrected chi connectivity index (χ4v) is 4.16. The van der Waals surface area contributed by atoms with Gasteiger partial charge in [0, 0.05) is 12.8 Å². The van der Waals surface area contributed by atoms with Crippen LogP contribution in [0.25, 0.3) is 0 Å². The van der Waals surface area contributed by atoms with Crippen LogP contribution in [0.4, 0.5) is 13.2 Å². The molecule has 6 nitrogen and oxygen atoms in total. The highest BCUT2D eigenvalue weighted by Crippen LogP contribution is 2.28. The number of carbonyl (C=O) groups is 1. The highest BCUT2D eigenvalue weighted by atomic mass is 35.5. The Hall–Kier alpha value is -1.52. The summed E-state index contributed by atoms with van der Waals surface area (Å²) in [5.41, 5.74) is 0.621. The van der Waals surface area contributed by atoms with Crippen molar-refractivity contribution in [2.24, 2.45) is 0 Å². The third kappa shape index (κ3) is 6.25. The molecular weight excluding hydrogens is 409 g/mol. The zero-order chi connectivity index (χ0) is 19.4. The van der Waals surface area contributed by atoms with Crippen LogP contribution in [0.3, 0.4) is 0 Å². The van der Waals surface area contributed by atoms with E-state index >= 15 is 0 Å². The number of sulfone groups is 1. The van der Waals surface area contributed by atoms with Crippen LogP contribution in [0.1, 0.15) is 18.4 Å². The first-order chi connectivity index (χ1) is 12.0. The zero-order valence-corrected chi connectivity index (χ0v) is 16.3. The summed E-state index contributed by atoms with van der Waals surface area (Å²) in [4.78, 5) is 12.6. The van der Waals surface area contributed by atoms with Crippen LogP contribution in [0, 0.1) is 0 Å². The maximum atomic E-state index is 12.6. The molecule has 0 radical (unpaired) electrons. The lowest BCUT2D eigenvalue weighted by Crippen LogP contribution is -2.57. The Morgan fingerprint density at radius 1 is 1.22 bits per heavy atom. The molecule has 1 aromatic rings. The summed E-state index contributed by atoms with van der Waals surface area (Å²) in [5, 5.41) is 5.66. The van der Waals surface area contributed by atoms with Crippen LogP contribution in [0.15, 0.2) is 24.3 Å². The number of hydrogen-bond acceptors (Lipinski definition) is 5. The molecule has 1 aliphatic heterocycles. The molecule has 1 aromatic carbocycles. The Labute approximate surface area is 162 Å². The Bertz CT molecular complexity index is 733. The van der Waals surface area contributed by atoms with Gasteiger partial charge in [0.2, 0.25) is 5.91 Å². The summed E-state index contributed by atoms with van der Waals surface area (Å²) in [5.74, 6) is -0.498. The normalized spacial score (nSPS) is 16.9. The Kier molecular flexibility index (Phi) is 7.94. The molecule has 11 heteroatoms. The maximum Gasteiger partial charge on any atom is 0.422 e. The van der Waals surface area contributed by atoms with Crippen LogP contribution in [0.5, 0.6) is 5.75 Å². The van der Waals surface area contributed by atoms with E-state index in [1.54, 1.807) is 0 Å². The summed E-state index contributed by atoms with van der Waals surface area (Å²) in [7, 11) is -3.60. The lowest BCUT2D eigenvalue weighted by Gasteiger charge is -2.34. The van der Waals surface area contributed by atoms with Crippen molar-refractivity contribution in [1.29, 1.82) is 0 Å². The molecule has 0 atom stereocenters. The van der Waals surface area contributed by atoms with E-state index in [1.165, 1.54) is 24.3 Å². The number of carbonyl (C=O) groups excluding carboxylic acids is 1. The number of benzene rings is 1. The number of alkyl halides is 3. The number of nitrogens with one attached hydrogen (secondary N) is 2. The van der Waals surface area contributed by atoms with E-state index in [9.17, 15) is 26.4 Å². The molecule has 1 amide bonds. The topological polar surface area (TPSA) is 84.5 Å². The van der Waals surface area contributed by atoms with E-state index in [4.69, 9.17) is 0 Å². The SMILES string of the molecule is CS(=O)(=O)C1(C(=O)NCc2ccc(OCC(F)(F)F)cc2)CCNCC1.Cl. The van der Waals surface area contributed by atoms with Gasteiger partial charge in [-0.3, -0.25) is 4.79 Å². The van der Waals surface area contributed by atoms with Crippen molar-refractivity contribution in [3.05, 3.63) is 29.8 Å². The van der Waals surface area contributed by atoms with Gasteiger partial charge in [0.1, 0.15) is 5.75 Å². The predicted octanol–water partition coefficient (Wildman–Crippen LogP) is 1.83. The minimum absolute atomic E-state index is 0. The van der Waals surface area contributed by atoms with Crippen molar-refractivity contribution in [3.63, 3.8) is 0 Å². The molecule has 27 heavy (non-hydrogen) atoms. The summed E-state index contributed by atoms with van der Waals surface area (Å²) in [6.45, 7) is -0.436. The van der Waals surface area contributed by atoms with Crippen LogP contribution in [0.2, 0.25) is 0 Å². The minimum atomic E-state index is -4.42. The first kappa shape index (κ1) is 23.5. The lowest BCUT2D eigenvalue weighted by atomic mass is 9.95. The minimum Gasteiger partial charge on any atom is -0.484 e. The van der Waals surface area contributed by atoms with Crippen molar-refractivity contribution < 1.29 is 31.1 Å². The summed E-state index contributed by atoms with van der Waals surface area (Å²) in [6.07, 6.45) is -2.96. The smallest absolute Gasteiger partial charge is 0.422 e. The van der Waals surface area contributed by atoms with Gasteiger partial charge in [0.25, 0.3) is 0 Å². The van der Waals surface area contributed by atoms with Gasteiger partial charge < -0.3 is 15.4 Å². The standard InChI is InChI=1S/C16H21F3N2O4S.ClH/c1-26(23,24)15(6-8-20-9-7-15)14(22)21-10-12-2-4-13(5-3-12)25-11-16(17,18)19;/h2-5,20H,6-11H2,1H3,(H,21,22);1H. The van der Waals surface area contributed by atoms with Gasteiger partial charge >= 0.3 is 6.18 Å². The largest absolute Gasteiger partial charge is 0.484 e. The summed E-state index contributed by atoms with van der Waals surface area (Å²) in [6, 6.07) is 5.76. The summed E-state index contributed by atoms with van der Waals surface area (Å²) >= 11 is 0. The van der Waals surface area contributed by atoms with Gasteiger partial charge in [-0.2, -0.15) is 13.2 Å². The first-order valence-corrected chi connectivity index (χ1v) is 9.90. The number of amides is 1. The highest BCUT2D eigenvalue weighted by Gasteiger charge is 2.48. The second-order valence-electron chi connectivity index (χ2n) is 6.25. The van der Waals surface area contributed by atoms with Crippen LogP contribution in [-0.4, -0.2) is 51.2 Å². The average Bonchev–Trinajstić information content (AvgIpc) is 2.57. The molecule has 1 aliphatic rings. The molecule has 2 N–H and O–H groups in total. The Morgan fingerprint density at radius 2 is 1.78 bits per heavy atom. The van der Waals surface area contributed by atoms with E-state index in [0.29, 0.717) is 18.7 Å². The Morgan fingerprint density at radius 3 is 2.26 bits per heavy atom. The Balaban J connectivity index is 0.00000364. The van der Waals surface area contributed by atoms with Gasteiger partial charge in [-0.15, -0.1) is 12.4 Å². The monoisotopic (exact) mass is 430 g/mol. The van der Waals surface area contributed by atoms with Crippen LogP contribution >= 0.6 is 12.4 Å². The van der Waals surface area contributed by atoms with Gasteiger partial charge in [-0.1, -0.05) is 12.1 Å². The van der Waals surface area contributed by atoms with E-state index in [0.717, 1.165) is 6.26 Å². The molecule has 0 bridgehead atoms. The van der Waals surface area contributed by atoms with Crippen molar-refractivity contribution in [2.75, 3.05) is 26.0 Å². The number of ether oxygens (including phenoxy) is 1. The van der Waals surface area contributed by atoms with Gasteiger partial charge in [0.15, 0.2) is 21.2 Å². The molecule has 0 spiro atoms. The average molecular weight is 431 g/mol. The maximum absolute atomic E-state index is 12.6. The van der Waals surface area contributed by atoms with Crippen LogP contribution < -0.4 is 15.4 Å². The van der Waals surface area contributed by atoms with E-state index in [2.05, 4.69) is 15.4 Å². The van der Waals surface area contributed by atoms with E-state index in [-0.39, 0.29) is 37.5 Å². The van der Waals surface area contributed by atoms with E-state index in [1.807, 2.05) is 0 Å². The molecule has 0 saturated carbocycles. The second kappa shape index (κ2) is 9.11. The number of piperidine rings is 1. The van der Waals surface area contributed by atoms with E-state index < -0.39 is 33.3 Å². The molecule has 1 fully saturated rings. The second-order valence-corrected chi connectivity index (χ2v) is 8.57. The zero-order valence-electron chi connectivity index (χ0n) is 14.6. The fourth-order valence-electron chi connectivity index (χ4n) is 2.81. The summed E-state index contributed by atoms with van der Waals surface area (Å²) < 4.78 is 63.8. The highest BCUT2D eigenvalue weighted by molar-refractivity contribution is 7.92. The van der Waals surface area contributed by atoms with Crippen molar-refractivity contribution >= 4 is 28.2 Å². The molecule has 1 heterocycles. The number of rotatable bonds is 6. The number of halogens is 4. The number of hydrogen-bond donors (Lipinski definition) is 2. The molecule has 1 saturated heterocycles. The van der Waals surface area contributed by atoms with Crippen LogP contribution in [-0.2, 0) is 21.2 Å². The van der Waals surface area contributed by atoms with Crippen molar-refractivity contribution in [1.82, 2.24) is 10.6 Å². The quantitative estimate of drug-likeness (QED) is 0.719. The molecule has 2 rings (SSSR count). The fraction of sp³-hybridized carbons (Fsp3) is 0.562. The van der Waals surface area contributed by atoms with Crippen molar-refractivity contribution in [3.8, 4) is 5.75 Å². The first-order valence-electron chi connectivity index (χ1n) is 8.01. The molecular formula is C16H22ClF3N2O4S. The van der Waals surface area contributed by atoms with Gasteiger partial charge in [0.05, 0.1) is 0 Å². The van der Waals surface area contributed by atoms with Crippen molar-refractivity contribution in [2.45, 2.75) is 30.3 Å². The molecule has 154 valence electrons. The third-order valence-corrected chi connectivity index (χ3v) is 6.33. The van der Waals surface area contributed by atoms with Gasteiger partial charge in [-0.05, 0) is 43.6 Å². The molecule has 0 aromatic heterocycles. The predicted molar refractivity (Wildman–Crippen MR) is 96.8 cm³/mol. The third-order valence-electron chi connectivity index (χ3n) is 4.31. The molecule has 0 unspecified atom stereocenters.